The highest BCUT2D eigenvalue weighted by atomic mass is 16.5. The van der Waals surface area contributed by atoms with Gasteiger partial charge in [0, 0.05) is 13.1 Å². The maximum absolute atomic E-state index is 13.1. The van der Waals surface area contributed by atoms with E-state index in [-0.39, 0.29) is 17.5 Å². The van der Waals surface area contributed by atoms with Gasteiger partial charge < -0.3 is 15.0 Å². The lowest BCUT2D eigenvalue weighted by atomic mass is 9.97. The second-order valence-corrected chi connectivity index (χ2v) is 6.70. The summed E-state index contributed by atoms with van der Waals surface area (Å²) in [6, 6.07) is 16.1. The van der Waals surface area contributed by atoms with Gasteiger partial charge in [-0.25, -0.2) is 9.97 Å². The molecule has 1 fully saturated rings. The SMILES string of the molecule is Cc1ccccc1[C@@H]1C(=O)NCCN1C(=O)c1cnc(Oc2ccccc2)cn1. The van der Waals surface area contributed by atoms with E-state index in [0.717, 1.165) is 11.1 Å². The molecular weight excluding hydrogens is 368 g/mol. The van der Waals surface area contributed by atoms with Crippen molar-refractivity contribution in [1.29, 1.82) is 0 Å². The maximum atomic E-state index is 13.1. The van der Waals surface area contributed by atoms with Crippen LogP contribution in [0.5, 0.6) is 11.6 Å². The highest BCUT2D eigenvalue weighted by Crippen LogP contribution is 2.27. The second-order valence-electron chi connectivity index (χ2n) is 6.70. The molecule has 0 radical (unpaired) electrons. The van der Waals surface area contributed by atoms with Crippen LogP contribution in [0, 0.1) is 6.92 Å². The van der Waals surface area contributed by atoms with E-state index >= 15 is 0 Å². The van der Waals surface area contributed by atoms with Crippen molar-refractivity contribution in [3.05, 3.63) is 83.8 Å². The third kappa shape index (κ3) is 3.94. The van der Waals surface area contributed by atoms with Crippen LogP contribution in [-0.4, -0.2) is 39.8 Å². The van der Waals surface area contributed by atoms with E-state index in [0.29, 0.717) is 24.7 Å². The molecule has 3 aromatic rings. The van der Waals surface area contributed by atoms with Crippen LogP contribution in [0.4, 0.5) is 0 Å². The summed E-state index contributed by atoms with van der Waals surface area (Å²) in [6.07, 6.45) is 2.79. The summed E-state index contributed by atoms with van der Waals surface area (Å²) < 4.78 is 5.62. The van der Waals surface area contributed by atoms with Crippen LogP contribution in [0.3, 0.4) is 0 Å². The van der Waals surface area contributed by atoms with Gasteiger partial charge in [0.25, 0.3) is 5.91 Å². The highest BCUT2D eigenvalue weighted by Gasteiger charge is 2.36. The maximum Gasteiger partial charge on any atom is 0.275 e. The van der Waals surface area contributed by atoms with Gasteiger partial charge in [0.05, 0.1) is 12.4 Å². The molecule has 146 valence electrons. The van der Waals surface area contributed by atoms with Gasteiger partial charge in [0.2, 0.25) is 11.8 Å². The number of benzene rings is 2. The number of rotatable bonds is 4. The highest BCUT2D eigenvalue weighted by molar-refractivity contribution is 5.97. The molecule has 4 rings (SSSR count). The number of nitrogens with zero attached hydrogens (tertiary/aromatic N) is 3. The van der Waals surface area contributed by atoms with Crippen LogP contribution in [0.1, 0.15) is 27.7 Å². The molecular formula is C22H20N4O3. The topological polar surface area (TPSA) is 84.4 Å². The van der Waals surface area contributed by atoms with Crippen molar-refractivity contribution in [2.75, 3.05) is 13.1 Å². The van der Waals surface area contributed by atoms with E-state index in [1.807, 2.05) is 49.4 Å². The zero-order chi connectivity index (χ0) is 20.2. The average Bonchev–Trinajstić information content (AvgIpc) is 2.75. The zero-order valence-electron chi connectivity index (χ0n) is 15.9. The molecule has 7 heteroatoms. The van der Waals surface area contributed by atoms with Crippen LogP contribution in [0.15, 0.2) is 67.0 Å². The lowest BCUT2D eigenvalue weighted by molar-refractivity contribution is -0.128. The Morgan fingerprint density at radius 1 is 1.07 bits per heavy atom. The average molecular weight is 388 g/mol. The normalized spacial score (nSPS) is 16.2. The summed E-state index contributed by atoms with van der Waals surface area (Å²) in [4.78, 5) is 35.7. The minimum atomic E-state index is -0.695. The van der Waals surface area contributed by atoms with Crippen LogP contribution < -0.4 is 10.1 Å². The molecule has 0 spiro atoms. The van der Waals surface area contributed by atoms with Gasteiger partial charge >= 0.3 is 0 Å². The molecule has 1 atom stereocenters. The van der Waals surface area contributed by atoms with Crippen molar-refractivity contribution in [2.24, 2.45) is 0 Å². The van der Waals surface area contributed by atoms with E-state index in [2.05, 4.69) is 15.3 Å². The Morgan fingerprint density at radius 3 is 2.55 bits per heavy atom. The van der Waals surface area contributed by atoms with Crippen molar-refractivity contribution in [3.8, 4) is 11.6 Å². The summed E-state index contributed by atoms with van der Waals surface area (Å²) in [5.74, 6) is 0.385. The van der Waals surface area contributed by atoms with Crippen LogP contribution in [-0.2, 0) is 4.79 Å². The zero-order valence-corrected chi connectivity index (χ0v) is 15.9. The van der Waals surface area contributed by atoms with E-state index in [9.17, 15) is 9.59 Å². The number of hydrogen-bond acceptors (Lipinski definition) is 5. The van der Waals surface area contributed by atoms with Crippen LogP contribution >= 0.6 is 0 Å². The lowest BCUT2D eigenvalue weighted by Crippen LogP contribution is -2.52. The first-order chi connectivity index (χ1) is 14.1. The monoisotopic (exact) mass is 388 g/mol. The Hall–Kier alpha value is -3.74. The van der Waals surface area contributed by atoms with E-state index in [1.165, 1.54) is 12.4 Å². The van der Waals surface area contributed by atoms with Crippen molar-refractivity contribution in [1.82, 2.24) is 20.2 Å². The van der Waals surface area contributed by atoms with Crippen LogP contribution in [0.25, 0.3) is 0 Å². The fourth-order valence-corrected chi connectivity index (χ4v) is 3.32. The third-order valence-corrected chi connectivity index (χ3v) is 4.77. The predicted octanol–water partition coefficient (Wildman–Crippen LogP) is 2.89. The Balaban J connectivity index is 1.57. The van der Waals surface area contributed by atoms with Crippen molar-refractivity contribution >= 4 is 11.8 Å². The lowest BCUT2D eigenvalue weighted by Gasteiger charge is -2.35. The summed E-state index contributed by atoms with van der Waals surface area (Å²) >= 11 is 0. The number of aryl methyl sites for hydroxylation is 1. The van der Waals surface area contributed by atoms with Crippen molar-refractivity contribution in [3.63, 3.8) is 0 Å². The first-order valence-corrected chi connectivity index (χ1v) is 9.32. The largest absolute Gasteiger partial charge is 0.438 e. The second kappa shape index (κ2) is 8.10. The summed E-state index contributed by atoms with van der Waals surface area (Å²) in [6.45, 7) is 2.72. The van der Waals surface area contributed by atoms with E-state index in [1.54, 1.807) is 17.0 Å². The molecule has 1 aromatic heterocycles. The van der Waals surface area contributed by atoms with Gasteiger partial charge in [0.1, 0.15) is 17.5 Å². The number of piperazine rings is 1. The first-order valence-electron chi connectivity index (χ1n) is 9.32. The Labute approximate surface area is 168 Å². The molecule has 0 unspecified atom stereocenters. The molecule has 1 saturated heterocycles. The Kier molecular flexibility index (Phi) is 5.20. The van der Waals surface area contributed by atoms with Gasteiger partial charge in [0.15, 0.2) is 0 Å². The minimum absolute atomic E-state index is 0.165. The molecule has 0 aliphatic carbocycles. The van der Waals surface area contributed by atoms with Crippen molar-refractivity contribution in [2.45, 2.75) is 13.0 Å². The molecule has 1 N–H and O–H groups in total. The number of aromatic nitrogens is 2. The molecule has 1 aliphatic heterocycles. The standard InChI is InChI=1S/C22H20N4O3/c1-15-7-5-6-10-17(15)20-21(27)23-11-12-26(20)22(28)18-13-25-19(14-24-18)29-16-8-3-2-4-9-16/h2-10,13-14,20H,11-12H2,1H3,(H,23,27)/t20-/m1/s1. The summed E-state index contributed by atoms with van der Waals surface area (Å²) in [5, 5.41) is 2.84. The number of hydrogen-bond donors (Lipinski definition) is 1. The van der Waals surface area contributed by atoms with Gasteiger partial charge in [-0.2, -0.15) is 0 Å². The number of amides is 2. The van der Waals surface area contributed by atoms with Gasteiger partial charge in [-0.15, -0.1) is 0 Å². The molecule has 0 saturated carbocycles. The Morgan fingerprint density at radius 2 is 1.83 bits per heavy atom. The molecule has 2 amide bonds. The van der Waals surface area contributed by atoms with E-state index in [4.69, 9.17) is 4.74 Å². The number of carbonyl (C=O) groups is 2. The van der Waals surface area contributed by atoms with Gasteiger partial charge in [-0.3, -0.25) is 9.59 Å². The first kappa shape index (κ1) is 18.6. The number of carbonyl (C=O) groups excluding carboxylic acids is 2. The molecule has 7 nitrogen and oxygen atoms in total. The number of para-hydroxylation sites is 1. The van der Waals surface area contributed by atoms with Crippen molar-refractivity contribution < 1.29 is 14.3 Å². The van der Waals surface area contributed by atoms with Gasteiger partial charge in [-0.1, -0.05) is 42.5 Å². The van der Waals surface area contributed by atoms with Gasteiger partial charge in [-0.05, 0) is 30.2 Å². The molecule has 2 heterocycles. The Bertz CT molecular complexity index is 1020. The quantitative estimate of drug-likeness (QED) is 0.743. The fourth-order valence-electron chi connectivity index (χ4n) is 3.32. The van der Waals surface area contributed by atoms with E-state index < -0.39 is 6.04 Å². The number of nitrogens with one attached hydrogen (secondary N) is 1. The fraction of sp³-hybridized carbons (Fsp3) is 0.182. The molecule has 0 bridgehead atoms. The predicted molar refractivity (Wildman–Crippen MR) is 107 cm³/mol. The third-order valence-electron chi connectivity index (χ3n) is 4.77. The van der Waals surface area contributed by atoms with Crippen LogP contribution in [0.2, 0.25) is 0 Å². The summed E-state index contributed by atoms with van der Waals surface area (Å²) in [5.41, 5.74) is 1.92. The summed E-state index contributed by atoms with van der Waals surface area (Å²) in [7, 11) is 0. The minimum Gasteiger partial charge on any atom is -0.438 e. The molecule has 29 heavy (non-hydrogen) atoms. The smallest absolute Gasteiger partial charge is 0.275 e. The number of ether oxygens (including phenoxy) is 1. The molecule has 2 aromatic carbocycles. The molecule has 1 aliphatic rings.